The van der Waals surface area contributed by atoms with Crippen LogP contribution in [0.15, 0.2) is 54.6 Å². The third-order valence-corrected chi connectivity index (χ3v) is 5.44. The van der Waals surface area contributed by atoms with Crippen molar-refractivity contribution in [1.82, 2.24) is 0 Å². The molecular weight excluding hydrogens is 300 g/mol. The van der Waals surface area contributed by atoms with Crippen molar-refractivity contribution in [2.75, 3.05) is 0 Å². The van der Waals surface area contributed by atoms with E-state index in [1.165, 1.54) is 51.4 Å². The van der Waals surface area contributed by atoms with E-state index in [0.29, 0.717) is 11.8 Å². The van der Waals surface area contributed by atoms with Crippen LogP contribution in [-0.4, -0.2) is 0 Å². The molecule has 0 spiro atoms. The largest absolute Gasteiger partial charge is 0.0648 e. The highest BCUT2D eigenvalue weighted by molar-refractivity contribution is 5.97. The van der Waals surface area contributed by atoms with Crippen LogP contribution < -0.4 is 0 Å². The Hall–Kier alpha value is -2.08. The van der Waals surface area contributed by atoms with Crippen molar-refractivity contribution in [3.8, 4) is 11.1 Å². The average Bonchev–Trinajstić information content (AvgIpc) is 2.61. The van der Waals surface area contributed by atoms with Gasteiger partial charge in [0.05, 0.1) is 0 Å². The van der Waals surface area contributed by atoms with Crippen LogP contribution in [0.4, 0.5) is 0 Å². The van der Waals surface area contributed by atoms with Gasteiger partial charge in [-0.3, -0.25) is 0 Å². The summed E-state index contributed by atoms with van der Waals surface area (Å²) in [7, 11) is 0. The van der Waals surface area contributed by atoms with Gasteiger partial charge in [0.1, 0.15) is 0 Å². The van der Waals surface area contributed by atoms with Crippen LogP contribution >= 0.6 is 0 Å². The maximum atomic E-state index is 2.41. The standard InChI is InChI=1S/C25H30/c1-6-19(7-2)22-13-18(5)14-23(16-22)24-10-8-9-21-15-20(17(3)4)11-12-25(21)24/h8-17,19H,6-7H2,1-5H3. The Balaban J connectivity index is 2.16. The van der Waals surface area contributed by atoms with Crippen molar-refractivity contribution in [3.05, 3.63) is 71.3 Å². The molecule has 0 aliphatic rings. The molecule has 0 amide bonds. The van der Waals surface area contributed by atoms with Gasteiger partial charge in [0.15, 0.2) is 0 Å². The van der Waals surface area contributed by atoms with E-state index in [9.17, 15) is 0 Å². The molecule has 0 radical (unpaired) electrons. The minimum absolute atomic E-state index is 0.563. The van der Waals surface area contributed by atoms with E-state index in [0.717, 1.165) is 0 Å². The second-order valence-electron chi connectivity index (χ2n) is 7.59. The summed E-state index contributed by atoms with van der Waals surface area (Å²) in [6.45, 7) is 11.3. The fourth-order valence-corrected chi connectivity index (χ4v) is 3.88. The van der Waals surface area contributed by atoms with Crippen molar-refractivity contribution in [2.24, 2.45) is 0 Å². The van der Waals surface area contributed by atoms with Gasteiger partial charge in [-0.05, 0) is 64.6 Å². The Bertz CT molecular complexity index is 866. The van der Waals surface area contributed by atoms with Crippen LogP contribution in [0.25, 0.3) is 21.9 Å². The Labute approximate surface area is 152 Å². The molecule has 3 aromatic carbocycles. The van der Waals surface area contributed by atoms with Crippen LogP contribution in [0, 0.1) is 6.92 Å². The first-order valence-electron chi connectivity index (χ1n) is 9.68. The van der Waals surface area contributed by atoms with Crippen molar-refractivity contribution in [3.63, 3.8) is 0 Å². The summed E-state index contributed by atoms with van der Waals surface area (Å²) in [5, 5.41) is 2.70. The Morgan fingerprint density at radius 1 is 0.800 bits per heavy atom. The molecule has 0 aliphatic heterocycles. The molecule has 0 heterocycles. The molecule has 25 heavy (non-hydrogen) atoms. The molecule has 0 nitrogen and oxygen atoms in total. The molecule has 0 saturated carbocycles. The van der Waals surface area contributed by atoms with Crippen molar-refractivity contribution in [1.29, 1.82) is 0 Å². The predicted octanol–water partition coefficient (Wildman–Crippen LogP) is 7.84. The summed E-state index contributed by atoms with van der Waals surface area (Å²) >= 11 is 0. The lowest BCUT2D eigenvalue weighted by Gasteiger charge is -2.17. The predicted molar refractivity (Wildman–Crippen MR) is 112 cm³/mol. The molecule has 3 rings (SSSR count). The maximum Gasteiger partial charge on any atom is -0.0105 e. The van der Waals surface area contributed by atoms with Gasteiger partial charge in [0.2, 0.25) is 0 Å². The molecule has 0 saturated heterocycles. The van der Waals surface area contributed by atoms with E-state index in [2.05, 4.69) is 89.2 Å². The van der Waals surface area contributed by atoms with E-state index >= 15 is 0 Å². The topological polar surface area (TPSA) is 0 Å². The van der Waals surface area contributed by atoms with Gasteiger partial charge in [-0.2, -0.15) is 0 Å². The van der Waals surface area contributed by atoms with Crippen molar-refractivity contribution < 1.29 is 0 Å². The Kier molecular flexibility index (Phi) is 5.27. The molecule has 3 aromatic rings. The van der Waals surface area contributed by atoms with E-state index in [-0.39, 0.29) is 0 Å². The fourth-order valence-electron chi connectivity index (χ4n) is 3.88. The second kappa shape index (κ2) is 7.44. The van der Waals surface area contributed by atoms with Gasteiger partial charge in [-0.25, -0.2) is 0 Å². The van der Waals surface area contributed by atoms with Crippen LogP contribution in [0.5, 0.6) is 0 Å². The number of rotatable bonds is 5. The highest BCUT2D eigenvalue weighted by Crippen LogP contribution is 2.34. The Morgan fingerprint density at radius 3 is 2.24 bits per heavy atom. The SMILES string of the molecule is CCC(CC)c1cc(C)cc(-c2cccc3cc(C(C)C)ccc23)c1. The summed E-state index contributed by atoms with van der Waals surface area (Å²) in [5.41, 5.74) is 6.95. The molecule has 0 heteroatoms. The van der Waals surface area contributed by atoms with Gasteiger partial charge in [-0.1, -0.05) is 87.9 Å². The number of hydrogen-bond donors (Lipinski definition) is 0. The van der Waals surface area contributed by atoms with Gasteiger partial charge >= 0.3 is 0 Å². The molecule has 0 atom stereocenters. The van der Waals surface area contributed by atoms with Gasteiger partial charge in [0, 0.05) is 0 Å². The van der Waals surface area contributed by atoms with Gasteiger partial charge in [-0.15, -0.1) is 0 Å². The molecule has 0 aromatic heterocycles. The van der Waals surface area contributed by atoms with Crippen molar-refractivity contribution >= 4 is 10.8 Å². The van der Waals surface area contributed by atoms with E-state index in [1.54, 1.807) is 0 Å². The number of benzene rings is 3. The smallest absolute Gasteiger partial charge is 0.0105 e. The fraction of sp³-hybridized carbons (Fsp3) is 0.360. The quantitative estimate of drug-likeness (QED) is 0.447. The lowest BCUT2D eigenvalue weighted by atomic mass is 9.88. The van der Waals surface area contributed by atoms with Crippen LogP contribution in [0.2, 0.25) is 0 Å². The third kappa shape index (κ3) is 3.63. The summed E-state index contributed by atoms with van der Waals surface area (Å²) in [4.78, 5) is 0. The van der Waals surface area contributed by atoms with E-state index in [1.807, 2.05) is 0 Å². The maximum absolute atomic E-state index is 2.41. The molecular formula is C25H30. The van der Waals surface area contributed by atoms with E-state index < -0.39 is 0 Å². The minimum atomic E-state index is 0.563. The molecule has 0 aliphatic carbocycles. The summed E-state index contributed by atoms with van der Waals surface area (Å²) in [6.07, 6.45) is 2.40. The molecule has 0 N–H and O–H groups in total. The molecule has 0 fully saturated rings. The first kappa shape index (κ1) is 17.7. The first-order valence-corrected chi connectivity index (χ1v) is 9.68. The highest BCUT2D eigenvalue weighted by atomic mass is 14.2. The Morgan fingerprint density at radius 2 is 1.56 bits per heavy atom. The summed E-state index contributed by atoms with van der Waals surface area (Å²) < 4.78 is 0. The van der Waals surface area contributed by atoms with Crippen molar-refractivity contribution in [2.45, 2.75) is 59.3 Å². The van der Waals surface area contributed by atoms with Crippen LogP contribution in [0.1, 0.15) is 69.1 Å². The van der Waals surface area contributed by atoms with E-state index in [4.69, 9.17) is 0 Å². The normalized spacial score (nSPS) is 11.6. The third-order valence-electron chi connectivity index (χ3n) is 5.44. The zero-order chi connectivity index (χ0) is 18.0. The summed E-state index contributed by atoms with van der Waals surface area (Å²) in [5.74, 6) is 1.22. The van der Waals surface area contributed by atoms with Crippen LogP contribution in [-0.2, 0) is 0 Å². The number of hydrogen-bond acceptors (Lipinski definition) is 0. The van der Waals surface area contributed by atoms with Crippen LogP contribution in [0.3, 0.4) is 0 Å². The molecule has 0 bridgehead atoms. The second-order valence-corrected chi connectivity index (χ2v) is 7.59. The average molecular weight is 331 g/mol. The van der Waals surface area contributed by atoms with Gasteiger partial charge < -0.3 is 0 Å². The monoisotopic (exact) mass is 330 g/mol. The summed E-state index contributed by atoms with van der Waals surface area (Å²) in [6, 6.07) is 20.7. The molecule has 130 valence electrons. The lowest BCUT2D eigenvalue weighted by molar-refractivity contribution is 0.641. The first-order chi connectivity index (χ1) is 12.0. The zero-order valence-electron chi connectivity index (χ0n) is 16.3. The number of aryl methyl sites for hydroxylation is 1. The molecule has 0 unspecified atom stereocenters. The highest BCUT2D eigenvalue weighted by Gasteiger charge is 2.11. The lowest BCUT2D eigenvalue weighted by Crippen LogP contribution is -1.97. The zero-order valence-corrected chi connectivity index (χ0v) is 16.3. The van der Waals surface area contributed by atoms with Gasteiger partial charge in [0.25, 0.3) is 0 Å². The number of fused-ring (bicyclic) bond motifs is 1. The minimum Gasteiger partial charge on any atom is -0.0648 e.